The van der Waals surface area contributed by atoms with E-state index in [0.29, 0.717) is 12.2 Å². The molecule has 3 nitrogen and oxygen atoms in total. The molecule has 0 bridgehead atoms. The number of hydrogen-bond donors (Lipinski definition) is 1. The number of aromatic nitrogens is 2. The Morgan fingerprint density at radius 1 is 1.19 bits per heavy atom. The van der Waals surface area contributed by atoms with Gasteiger partial charge in [-0.2, -0.15) is 5.10 Å². The van der Waals surface area contributed by atoms with Gasteiger partial charge in [-0.25, -0.2) is 0 Å². The van der Waals surface area contributed by atoms with E-state index in [1.807, 2.05) is 30.3 Å². The van der Waals surface area contributed by atoms with Gasteiger partial charge in [-0.3, -0.25) is 0 Å². The highest BCUT2D eigenvalue weighted by Crippen LogP contribution is 2.18. The summed E-state index contributed by atoms with van der Waals surface area (Å²) in [5, 5.41) is 8.60. The fourth-order valence-corrected chi connectivity index (χ4v) is 1.78. The molecule has 1 aromatic heterocycles. The van der Waals surface area contributed by atoms with Crippen LogP contribution in [0.2, 0.25) is 5.02 Å². The molecule has 0 aliphatic rings. The van der Waals surface area contributed by atoms with E-state index in [2.05, 4.69) is 26.1 Å². The summed E-state index contributed by atoms with van der Waals surface area (Å²) in [7, 11) is 0. The van der Waals surface area contributed by atoms with Crippen LogP contribution < -0.4 is 5.73 Å². The third kappa shape index (κ3) is 2.71. The van der Waals surface area contributed by atoms with E-state index in [1.165, 1.54) is 0 Å². The normalized spacial score (nSPS) is 10.4. The van der Waals surface area contributed by atoms with Crippen LogP contribution in [0.1, 0.15) is 11.3 Å². The fourth-order valence-electron chi connectivity index (χ4n) is 1.31. The zero-order valence-electron chi connectivity index (χ0n) is 8.32. The molecule has 0 saturated carbocycles. The van der Waals surface area contributed by atoms with Crippen LogP contribution in [0.25, 0.3) is 0 Å². The van der Waals surface area contributed by atoms with Crippen LogP contribution in [0.5, 0.6) is 0 Å². The monoisotopic (exact) mass is 297 g/mol. The predicted molar refractivity (Wildman–Crippen MR) is 68.4 cm³/mol. The molecular formula is C11H9BrClN3. The average Bonchev–Trinajstić information content (AvgIpc) is 2.27. The summed E-state index contributed by atoms with van der Waals surface area (Å²) >= 11 is 9.13. The summed E-state index contributed by atoms with van der Waals surface area (Å²) in [6.07, 6.45) is 0.711. The lowest BCUT2D eigenvalue weighted by Gasteiger charge is -2.02. The van der Waals surface area contributed by atoms with E-state index < -0.39 is 0 Å². The molecule has 0 aliphatic heterocycles. The van der Waals surface area contributed by atoms with Gasteiger partial charge in [-0.1, -0.05) is 23.7 Å². The molecule has 0 spiro atoms. The molecule has 0 radical (unpaired) electrons. The van der Waals surface area contributed by atoms with Crippen molar-refractivity contribution in [3.8, 4) is 0 Å². The molecule has 2 rings (SSSR count). The summed E-state index contributed by atoms with van der Waals surface area (Å²) in [6, 6.07) is 9.52. The first-order valence-corrected chi connectivity index (χ1v) is 5.84. The summed E-state index contributed by atoms with van der Waals surface area (Å²) in [6.45, 7) is 0. The van der Waals surface area contributed by atoms with E-state index in [-0.39, 0.29) is 0 Å². The molecule has 1 heterocycles. The second-order valence-electron chi connectivity index (χ2n) is 3.37. The number of benzene rings is 1. The Labute approximate surface area is 107 Å². The molecule has 0 unspecified atom stereocenters. The summed E-state index contributed by atoms with van der Waals surface area (Å²) in [4.78, 5) is 0. The molecule has 16 heavy (non-hydrogen) atoms. The van der Waals surface area contributed by atoms with Gasteiger partial charge in [0.15, 0.2) is 5.82 Å². The summed E-state index contributed by atoms with van der Waals surface area (Å²) in [5.74, 6) is 0.403. The largest absolute Gasteiger partial charge is 0.381 e. The maximum Gasteiger partial charge on any atom is 0.160 e. The van der Waals surface area contributed by atoms with Crippen molar-refractivity contribution in [2.45, 2.75) is 6.42 Å². The lowest BCUT2D eigenvalue weighted by Crippen LogP contribution is -1.99. The van der Waals surface area contributed by atoms with Crippen molar-refractivity contribution >= 4 is 33.3 Å². The lowest BCUT2D eigenvalue weighted by molar-refractivity contribution is 0.939. The van der Waals surface area contributed by atoms with Gasteiger partial charge >= 0.3 is 0 Å². The lowest BCUT2D eigenvalue weighted by atomic mass is 10.1. The first-order valence-electron chi connectivity index (χ1n) is 4.67. The number of nitrogens with zero attached hydrogens (tertiary/aromatic N) is 2. The highest BCUT2D eigenvalue weighted by Gasteiger charge is 2.02. The predicted octanol–water partition coefficient (Wildman–Crippen LogP) is 3.07. The van der Waals surface area contributed by atoms with Crippen LogP contribution >= 0.6 is 27.5 Å². The number of hydrogen-bond acceptors (Lipinski definition) is 3. The van der Waals surface area contributed by atoms with Crippen molar-refractivity contribution in [2.24, 2.45) is 0 Å². The Bertz CT molecular complexity index is 499. The van der Waals surface area contributed by atoms with Crippen molar-refractivity contribution in [3.63, 3.8) is 0 Å². The van der Waals surface area contributed by atoms with Gasteiger partial charge in [0.1, 0.15) is 0 Å². The first kappa shape index (κ1) is 11.4. The molecule has 2 aromatic rings. The van der Waals surface area contributed by atoms with E-state index in [9.17, 15) is 0 Å². The fraction of sp³-hybridized carbons (Fsp3) is 0.0909. The number of rotatable bonds is 2. The van der Waals surface area contributed by atoms with Crippen molar-refractivity contribution < 1.29 is 0 Å². The highest BCUT2D eigenvalue weighted by molar-refractivity contribution is 9.10. The van der Waals surface area contributed by atoms with E-state index >= 15 is 0 Å². The van der Waals surface area contributed by atoms with Crippen LogP contribution in [0.3, 0.4) is 0 Å². The molecule has 0 fully saturated rings. The molecule has 0 amide bonds. The van der Waals surface area contributed by atoms with Crippen molar-refractivity contribution in [1.29, 1.82) is 0 Å². The molecule has 0 aliphatic carbocycles. The number of nitrogen functional groups attached to an aromatic ring is 1. The van der Waals surface area contributed by atoms with Gasteiger partial charge in [-0.15, -0.1) is 5.10 Å². The zero-order chi connectivity index (χ0) is 11.5. The van der Waals surface area contributed by atoms with Gasteiger partial charge in [0.2, 0.25) is 0 Å². The second-order valence-corrected chi connectivity index (χ2v) is 4.66. The van der Waals surface area contributed by atoms with E-state index in [1.54, 1.807) is 0 Å². The van der Waals surface area contributed by atoms with Crippen LogP contribution in [0.15, 0.2) is 34.8 Å². The molecule has 2 N–H and O–H groups in total. The van der Waals surface area contributed by atoms with Gasteiger partial charge in [0, 0.05) is 11.4 Å². The van der Waals surface area contributed by atoms with E-state index in [4.69, 9.17) is 17.3 Å². The Kier molecular flexibility index (Phi) is 3.41. The topological polar surface area (TPSA) is 51.8 Å². The van der Waals surface area contributed by atoms with Gasteiger partial charge in [0.05, 0.1) is 10.2 Å². The van der Waals surface area contributed by atoms with Crippen LogP contribution in [0, 0.1) is 0 Å². The smallest absolute Gasteiger partial charge is 0.160 e. The standard InChI is InChI=1S/C11H9BrClN3/c12-10-6-9(15-16-11(10)14)5-7-1-3-8(13)4-2-7/h1-4,6H,5H2,(H2,14,16). The molecule has 5 heteroatoms. The Morgan fingerprint density at radius 3 is 2.50 bits per heavy atom. The summed E-state index contributed by atoms with van der Waals surface area (Å²) < 4.78 is 0.770. The Hall–Kier alpha value is -1.13. The van der Waals surface area contributed by atoms with E-state index in [0.717, 1.165) is 20.8 Å². The highest BCUT2D eigenvalue weighted by atomic mass is 79.9. The SMILES string of the molecule is Nc1nnc(Cc2ccc(Cl)cc2)cc1Br. The van der Waals surface area contributed by atoms with Crippen LogP contribution in [0.4, 0.5) is 5.82 Å². The maximum atomic E-state index is 5.81. The zero-order valence-corrected chi connectivity index (χ0v) is 10.7. The van der Waals surface area contributed by atoms with Crippen molar-refractivity contribution in [1.82, 2.24) is 10.2 Å². The van der Waals surface area contributed by atoms with Gasteiger partial charge in [-0.05, 0) is 39.7 Å². The molecule has 0 atom stereocenters. The minimum atomic E-state index is 0.403. The molecule has 82 valence electrons. The summed E-state index contributed by atoms with van der Waals surface area (Å²) in [5.41, 5.74) is 7.56. The van der Waals surface area contributed by atoms with Gasteiger partial charge < -0.3 is 5.73 Å². The minimum absolute atomic E-state index is 0.403. The van der Waals surface area contributed by atoms with Crippen molar-refractivity contribution in [2.75, 3.05) is 5.73 Å². The number of anilines is 1. The van der Waals surface area contributed by atoms with Crippen LogP contribution in [-0.4, -0.2) is 10.2 Å². The minimum Gasteiger partial charge on any atom is -0.381 e. The average molecular weight is 299 g/mol. The second kappa shape index (κ2) is 4.80. The first-order chi connectivity index (χ1) is 7.65. The molecular weight excluding hydrogens is 289 g/mol. The van der Waals surface area contributed by atoms with Crippen molar-refractivity contribution in [3.05, 3.63) is 51.1 Å². The number of nitrogens with two attached hydrogens (primary N) is 1. The Balaban J connectivity index is 2.20. The number of halogens is 2. The third-order valence-corrected chi connectivity index (χ3v) is 3.01. The Morgan fingerprint density at radius 2 is 1.88 bits per heavy atom. The van der Waals surface area contributed by atoms with Gasteiger partial charge in [0.25, 0.3) is 0 Å². The molecule has 0 saturated heterocycles. The van der Waals surface area contributed by atoms with Crippen LogP contribution in [-0.2, 0) is 6.42 Å². The quantitative estimate of drug-likeness (QED) is 0.927. The maximum absolute atomic E-state index is 5.81. The third-order valence-electron chi connectivity index (χ3n) is 2.12. The molecule has 1 aromatic carbocycles.